The van der Waals surface area contributed by atoms with Gasteiger partial charge >= 0.3 is 0 Å². The van der Waals surface area contributed by atoms with Crippen LogP contribution >= 0.6 is 11.8 Å². The van der Waals surface area contributed by atoms with E-state index in [-0.39, 0.29) is 0 Å². The summed E-state index contributed by atoms with van der Waals surface area (Å²) in [6.45, 7) is 2.84. The van der Waals surface area contributed by atoms with E-state index in [1.807, 2.05) is 36.0 Å². The lowest BCUT2D eigenvalue weighted by Crippen LogP contribution is -2.01. The van der Waals surface area contributed by atoms with Crippen molar-refractivity contribution in [2.45, 2.75) is 6.92 Å². The maximum Gasteiger partial charge on any atom is 0.142 e. The lowest BCUT2D eigenvalue weighted by atomic mass is 10.2. The zero-order valence-corrected chi connectivity index (χ0v) is 14.0. The second-order valence-corrected chi connectivity index (χ2v) is 6.28. The number of pyridine rings is 1. The first-order valence-electron chi connectivity index (χ1n) is 7.50. The van der Waals surface area contributed by atoms with Crippen LogP contribution in [0.5, 0.6) is 11.5 Å². The highest BCUT2D eigenvalue weighted by Gasteiger charge is 2.12. The topological polar surface area (TPSA) is 60.0 Å². The minimum atomic E-state index is 0.692. The molecule has 0 atom stereocenters. The average Bonchev–Trinajstić information content (AvgIpc) is 3.02. The van der Waals surface area contributed by atoms with E-state index < -0.39 is 0 Å². The fourth-order valence-electron chi connectivity index (χ4n) is 2.30. The smallest absolute Gasteiger partial charge is 0.142 e. The number of ether oxygens (including phenoxy) is 2. The number of benzene rings is 1. The molecule has 0 bridgehead atoms. The van der Waals surface area contributed by atoms with Crippen molar-refractivity contribution < 1.29 is 9.47 Å². The van der Waals surface area contributed by atoms with Gasteiger partial charge in [-0.25, -0.2) is 4.98 Å². The van der Waals surface area contributed by atoms with E-state index in [0.717, 1.165) is 45.4 Å². The standard InChI is InChI=1S/C17H19N3O2S/c1-3-23-9-8-22-12-4-5-13(16(10-12)21-2)17-19-14-6-7-18-11-15(14)20-17/h4-7,10-11H,3,8-9H2,1-2H3,(H,19,20). The van der Waals surface area contributed by atoms with Crippen molar-refractivity contribution in [2.75, 3.05) is 25.2 Å². The second kappa shape index (κ2) is 7.37. The van der Waals surface area contributed by atoms with Gasteiger partial charge in [-0.15, -0.1) is 0 Å². The Morgan fingerprint density at radius 1 is 1.26 bits per heavy atom. The zero-order chi connectivity index (χ0) is 16.1. The molecule has 3 aromatic rings. The Bertz CT molecular complexity index is 755. The van der Waals surface area contributed by atoms with Gasteiger partial charge in [-0.2, -0.15) is 11.8 Å². The van der Waals surface area contributed by atoms with Crippen LogP contribution in [-0.2, 0) is 0 Å². The number of nitrogens with one attached hydrogen (secondary N) is 1. The van der Waals surface area contributed by atoms with Crippen LogP contribution < -0.4 is 9.47 Å². The van der Waals surface area contributed by atoms with Gasteiger partial charge in [0.15, 0.2) is 0 Å². The number of methoxy groups -OCH3 is 1. The van der Waals surface area contributed by atoms with Crippen LogP contribution in [0.3, 0.4) is 0 Å². The molecule has 3 rings (SSSR count). The van der Waals surface area contributed by atoms with E-state index in [9.17, 15) is 0 Å². The molecule has 0 saturated heterocycles. The number of H-pyrrole nitrogens is 1. The molecule has 120 valence electrons. The Kier molecular flexibility index (Phi) is 5.02. The maximum atomic E-state index is 5.76. The van der Waals surface area contributed by atoms with Crippen molar-refractivity contribution in [1.29, 1.82) is 0 Å². The van der Waals surface area contributed by atoms with Gasteiger partial charge in [-0.05, 0) is 24.0 Å². The summed E-state index contributed by atoms with van der Waals surface area (Å²) in [5.41, 5.74) is 2.69. The summed E-state index contributed by atoms with van der Waals surface area (Å²) in [7, 11) is 1.65. The third-order valence-corrected chi connectivity index (χ3v) is 4.28. The fraction of sp³-hybridized carbons (Fsp3) is 0.294. The molecule has 2 aromatic heterocycles. The number of nitrogens with zero attached hydrogens (tertiary/aromatic N) is 2. The highest BCUT2D eigenvalue weighted by Crippen LogP contribution is 2.32. The molecule has 23 heavy (non-hydrogen) atoms. The van der Waals surface area contributed by atoms with Crippen LogP contribution in [0.25, 0.3) is 22.4 Å². The molecule has 0 spiro atoms. The van der Waals surface area contributed by atoms with Crippen molar-refractivity contribution >= 4 is 22.8 Å². The highest BCUT2D eigenvalue weighted by atomic mass is 32.2. The quantitative estimate of drug-likeness (QED) is 0.669. The van der Waals surface area contributed by atoms with Gasteiger partial charge < -0.3 is 14.5 Å². The van der Waals surface area contributed by atoms with Crippen LogP contribution in [0.2, 0.25) is 0 Å². The Morgan fingerprint density at radius 3 is 2.96 bits per heavy atom. The molecule has 5 nitrogen and oxygen atoms in total. The minimum absolute atomic E-state index is 0.692. The number of hydrogen-bond acceptors (Lipinski definition) is 5. The van der Waals surface area contributed by atoms with Crippen molar-refractivity contribution in [3.8, 4) is 22.9 Å². The van der Waals surface area contributed by atoms with Crippen molar-refractivity contribution in [3.05, 3.63) is 36.7 Å². The lowest BCUT2D eigenvalue weighted by Gasteiger charge is -2.10. The monoisotopic (exact) mass is 329 g/mol. The van der Waals surface area contributed by atoms with Crippen LogP contribution in [0.4, 0.5) is 0 Å². The normalized spacial score (nSPS) is 10.9. The van der Waals surface area contributed by atoms with Crippen LogP contribution in [0.15, 0.2) is 36.7 Å². The van der Waals surface area contributed by atoms with Crippen LogP contribution in [0, 0.1) is 0 Å². The van der Waals surface area contributed by atoms with E-state index in [1.165, 1.54) is 0 Å². The number of hydrogen-bond donors (Lipinski definition) is 1. The molecule has 1 N–H and O–H groups in total. The molecular weight excluding hydrogens is 310 g/mol. The molecule has 0 aliphatic rings. The summed E-state index contributed by atoms with van der Waals surface area (Å²) in [5.74, 6) is 4.39. The number of imidazole rings is 1. The summed E-state index contributed by atoms with van der Waals surface area (Å²) < 4.78 is 11.3. The van der Waals surface area contributed by atoms with Crippen molar-refractivity contribution in [1.82, 2.24) is 15.0 Å². The summed E-state index contributed by atoms with van der Waals surface area (Å²) in [6, 6.07) is 7.71. The number of aromatic nitrogens is 3. The van der Waals surface area contributed by atoms with E-state index in [0.29, 0.717) is 6.61 Å². The number of rotatable bonds is 7. The van der Waals surface area contributed by atoms with Gasteiger partial charge in [-0.3, -0.25) is 4.98 Å². The van der Waals surface area contributed by atoms with Crippen molar-refractivity contribution in [3.63, 3.8) is 0 Å². The zero-order valence-electron chi connectivity index (χ0n) is 13.2. The molecule has 0 saturated carbocycles. The molecule has 0 unspecified atom stereocenters. The second-order valence-electron chi connectivity index (χ2n) is 4.89. The molecule has 0 aliphatic carbocycles. The SMILES string of the molecule is CCSCCOc1ccc(-c2nc3cnccc3[nH]2)c(OC)c1. The largest absolute Gasteiger partial charge is 0.496 e. The Labute approximate surface area is 139 Å². The lowest BCUT2D eigenvalue weighted by molar-refractivity contribution is 0.340. The van der Waals surface area contributed by atoms with Crippen LogP contribution in [0.1, 0.15) is 6.92 Å². The van der Waals surface area contributed by atoms with Gasteiger partial charge in [0.05, 0.1) is 31.0 Å². The van der Waals surface area contributed by atoms with E-state index >= 15 is 0 Å². The molecule has 0 fully saturated rings. The summed E-state index contributed by atoms with van der Waals surface area (Å²) in [5, 5.41) is 0. The number of fused-ring (bicyclic) bond motifs is 1. The van der Waals surface area contributed by atoms with Gasteiger partial charge in [0.1, 0.15) is 22.8 Å². The van der Waals surface area contributed by atoms with E-state index in [4.69, 9.17) is 9.47 Å². The predicted molar refractivity (Wildman–Crippen MR) is 94.4 cm³/mol. The molecule has 1 aromatic carbocycles. The van der Waals surface area contributed by atoms with Crippen LogP contribution in [-0.4, -0.2) is 40.2 Å². The molecule has 0 amide bonds. The highest BCUT2D eigenvalue weighted by molar-refractivity contribution is 7.99. The predicted octanol–water partition coefficient (Wildman–Crippen LogP) is 3.77. The van der Waals surface area contributed by atoms with Gasteiger partial charge in [-0.1, -0.05) is 6.92 Å². The Balaban J connectivity index is 1.84. The van der Waals surface area contributed by atoms with E-state index in [1.54, 1.807) is 19.5 Å². The van der Waals surface area contributed by atoms with Gasteiger partial charge in [0.25, 0.3) is 0 Å². The molecule has 6 heteroatoms. The average molecular weight is 329 g/mol. The maximum absolute atomic E-state index is 5.76. The van der Waals surface area contributed by atoms with Crippen molar-refractivity contribution in [2.24, 2.45) is 0 Å². The molecular formula is C17H19N3O2S. The van der Waals surface area contributed by atoms with Gasteiger partial charge in [0.2, 0.25) is 0 Å². The van der Waals surface area contributed by atoms with E-state index in [2.05, 4.69) is 21.9 Å². The molecule has 0 aliphatic heterocycles. The summed E-state index contributed by atoms with van der Waals surface area (Å²) >= 11 is 1.86. The fourth-order valence-corrected chi connectivity index (χ4v) is 2.79. The summed E-state index contributed by atoms with van der Waals surface area (Å²) in [6.07, 6.45) is 3.48. The molecule has 2 heterocycles. The minimum Gasteiger partial charge on any atom is -0.496 e. The van der Waals surface area contributed by atoms with Gasteiger partial charge in [0, 0.05) is 18.0 Å². The first-order chi connectivity index (χ1) is 11.3. The Hall–Kier alpha value is -2.21. The Morgan fingerprint density at radius 2 is 2.17 bits per heavy atom. The first-order valence-corrected chi connectivity index (χ1v) is 8.66. The summed E-state index contributed by atoms with van der Waals surface area (Å²) in [4.78, 5) is 11.9. The number of aromatic amines is 1. The third-order valence-electron chi connectivity index (χ3n) is 3.41. The number of thioether (sulfide) groups is 1. The third kappa shape index (κ3) is 3.59. The molecule has 0 radical (unpaired) electrons. The first kappa shape index (κ1) is 15.7.